The van der Waals surface area contributed by atoms with Crippen LogP contribution in [0, 0.1) is 0 Å². The Bertz CT molecular complexity index is 2010. The average molecular weight is 667 g/mol. The van der Waals surface area contributed by atoms with Crippen LogP contribution in [-0.2, 0) is 17.8 Å². The molecule has 0 fully saturated rings. The standard InChI is InChI=1S/C38H40N3O2S3/c1-5-23-41-35(26-34-40(7-3)36(27-17-11-9-12-18-27)37(46-34)28-19-13-10-14-20-28)45-32(38(41)42)24-29(43-8-4)25-33-39(6-2)30-21-15-16-22-31(30)44-33/h9-22,24-26,33H,5-8,23H2,1-4H3/q+1. The highest BCUT2D eigenvalue weighted by molar-refractivity contribution is 8.00. The third kappa shape index (κ3) is 6.52. The van der Waals surface area contributed by atoms with E-state index in [0.717, 1.165) is 34.9 Å². The van der Waals surface area contributed by atoms with E-state index in [1.54, 1.807) is 22.7 Å². The van der Waals surface area contributed by atoms with E-state index in [0.29, 0.717) is 17.7 Å². The zero-order valence-electron chi connectivity index (χ0n) is 26.8. The number of allylic oxidation sites excluding steroid dienone is 1. The quantitative estimate of drug-likeness (QED) is 0.108. The van der Waals surface area contributed by atoms with Gasteiger partial charge in [0.2, 0.25) is 5.69 Å². The number of rotatable bonds is 11. The van der Waals surface area contributed by atoms with Gasteiger partial charge in [-0.2, -0.15) is 4.57 Å². The minimum absolute atomic E-state index is 0.0320. The van der Waals surface area contributed by atoms with Gasteiger partial charge in [-0.3, -0.25) is 9.36 Å². The maximum Gasteiger partial charge on any atom is 0.269 e. The summed E-state index contributed by atoms with van der Waals surface area (Å²) in [6.45, 7) is 11.4. The first-order valence-corrected chi connectivity index (χ1v) is 18.5. The number of nitrogens with zero attached hydrogens (tertiary/aromatic N) is 3. The molecule has 236 valence electrons. The van der Waals surface area contributed by atoms with Gasteiger partial charge in [-0.25, -0.2) is 0 Å². The third-order valence-electron chi connectivity index (χ3n) is 7.95. The molecule has 3 heterocycles. The lowest BCUT2D eigenvalue weighted by Crippen LogP contribution is -2.37. The van der Waals surface area contributed by atoms with Crippen LogP contribution in [0.15, 0.2) is 106 Å². The van der Waals surface area contributed by atoms with Crippen molar-refractivity contribution in [2.75, 3.05) is 18.1 Å². The van der Waals surface area contributed by atoms with Crippen LogP contribution in [0.25, 0.3) is 33.9 Å². The molecule has 46 heavy (non-hydrogen) atoms. The van der Waals surface area contributed by atoms with Gasteiger partial charge in [-0.05, 0) is 63.1 Å². The van der Waals surface area contributed by atoms with Gasteiger partial charge in [0.1, 0.15) is 27.2 Å². The maximum atomic E-state index is 13.9. The van der Waals surface area contributed by atoms with E-state index in [9.17, 15) is 4.79 Å². The predicted molar refractivity (Wildman–Crippen MR) is 196 cm³/mol. The van der Waals surface area contributed by atoms with E-state index >= 15 is 0 Å². The average Bonchev–Trinajstić information content (AvgIpc) is 3.73. The highest BCUT2D eigenvalue weighted by atomic mass is 32.2. The molecule has 6 rings (SSSR count). The normalized spacial score (nSPS) is 15.5. The Kier molecular flexibility index (Phi) is 10.3. The first-order chi connectivity index (χ1) is 22.6. The molecule has 1 aliphatic rings. The van der Waals surface area contributed by atoms with E-state index in [-0.39, 0.29) is 10.9 Å². The molecule has 0 saturated heterocycles. The molecule has 0 aliphatic carbocycles. The Balaban J connectivity index is 1.49. The highest BCUT2D eigenvalue weighted by Crippen LogP contribution is 2.44. The van der Waals surface area contributed by atoms with E-state index in [4.69, 9.17) is 4.74 Å². The fourth-order valence-electron chi connectivity index (χ4n) is 5.89. The lowest BCUT2D eigenvalue weighted by Gasteiger charge is -2.23. The molecule has 2 aromatic heterocycles. The second-order valence-electron chi connectivity index (χ2n) is 10.9. The number of thioether (sulfide) groups is 1. The van der Waals surface area contributed by atoms with Gasteiger partial charge in [-0.1, -0.05) is 90.7 Å². The Hall–Kier alpha value is -3.85. The number of benzene rings is 3. The summed E-state index contributed by atoms with van der Waals surface area (Å²) in [4.78, 5) is 18.8. The zero-order chi connectivity index (χ0) is 32.0. The molecule has 1 unspecified atom stereocenters. The van der Waals surface area contributed by atoms with E-state index in [2.05, 4.69) is 127 Å². The number of para-hydroxylation sites is 1. The van der Waals surface area contributed by atoms with Gasteiger partial charge in [0.25, 0.3) is 10.6 Å². The van der Waals surface area contributed by atoms with Gasteiger partial charge in [0.15, 0.2) is 0 Å². The molecule has 1 atom stereocenters. The maximum absolute atomic E-state index is 13.9. The number of ether oxygens (including phenoxy) is 1. The van der Waals surface area contributed by atoms with Crippen LogP contribution in [0.3, 0.4) is 0 Å². The molecule has 0 spiro atoms. The summed E-state index contributed by atoms with van der Waals surface area (Å²) in [5.74, 6) is 0.734. The van der Waals surface area contributed by atoms with Crippen molar-refractivity contribution in [1.29, 1.82) is 0 Å². The van der Waals surface area contributed by atoms with Crippen LogP contribution >= 0.6 is 34.4 Å². The van der Waals surface area contributed by atoms with Crippen molar-refractivity contribution >= 4 is 52.3 Å². The summed E-state index contributed by atoms with van der Waals surface area (Å²) < 4.78 is 12.1. The van der Waals surface area contributed by atoms with Crippen LogP contribution in [0.2, 0.25) is 0 Å². The van der Waals surface area contributed by atoms with Crippen molar-refractivity contribution in [2.45, 2.75) is 57.5 Å². The lowest BCUT2D eigenvalue weighted by atomic mass is 10.1. The molecular weight excluding hydrogens is 627 g/mol. The smallest absolute Gasteiger partial charge is 0.269 e. The molecule has 5 nitrogen and oxygen atoms in total. The van der Waals surface area contributed by atoms with E-state index < -0.39 is 0 Å². The molecule has 0 N–H and O–H groups in total. The molecule has 0 saturated carbocycles. The van der Waals surface area contributed by atoms with Crippen LogP contribution in [0.5, 0.6) is 0 Å². The number of hydrogen-bond donors (Lipinski definition) is 0. The molecule has 0 amide bonds. The molecular formula is C38H40N3O2S3+. The summed E-state index contributed by atoms with van der Waals surface area (Å²) >= 11 is 5.15. The second kappa shape index (κ2) is 14.7. The van der Waals surface area contributed by atoms with Gasteiger partial charge in [0.05, 0.1) is 22.9 Å². The monoisotopic (exact) mass is 666 g/mol. The van der Waals surface area contributed by atoms with Gasteiger partial charge >= 0.3 is 0 Å². The van der Waals surface area contributed by atoms with E-state index in [1.165, 1.54) is 32.3 Å². The first kappa shape index (κ1) is 32.1. The number of aromatic nitrogens is 2. The Morgan fingerprint density at radius 3 is 2.26 bits per heavy atom. The number of hydrogen-bond acceptors (Lipinski definition) is 6. The van der Waals surface area contributed by atoms with Crippen LogP contribution in [0.4, 0.5) is 5.69 Å². The Labute approximate surface area is 283 Å². The van der Waals surface area contributed by atoms with E-state index in [1.807, 2.05) is 29.3 Å². The fraction of sp³-hybridized carbons (Fsp3) is 0.263. The van der Waals surface area contributed by atoms with Crippen molar-refractivity contribution in [1.82, 2.24) is 4.57 Å². The van der Waals surface area contributed by atoms with Gasteiger partial charge in [0, 0.05) is 29.6 Å². The minimum atomic E-state index is 0.0320. The molecule has 5 aromatic rings. The summed E-state index contributed by atoms with van der Waals surface area (Å²) in [7, 11) is 0. The first-order valence-electron chi connectivity index (χ1n) is 16.0. The summed E-state index contributed by atoms with van der Waals surface area (Å²) in [6, 6.07) is 29.7. The second-order valence-corrected chi connectivity index (χ2v) is 14.2. The summed E-state index contributed by atoms with van der Waals surface area (Å²) in [5, 5.41) is 1.23. The van der Waals surface area contributed by atoms with Crippen molar-refractivity contribution in [3.05, 3.63) is 121 Å². The van der Waals surface area contributed by atoms with Crippen LogP contribution < -0.4 is 24.2 Å². The van der Waals surface area contributed by atoms with Crippen LogP contribution in [-0.4, -0.2) is 23.1 Å². The molecule has 0 radical (unpaired) electrons. The SMILES string of the molecule is CCCn1c(=O)c(=CC(=CC2Sc3ccccc3N2CC)OCC)s/c1=C/c1sc(-c2ccccc2)c(-c2ccccc2)[n+]1CC. The number of anilines is 1. The molecule has 3 aromatic carbocycles. The minimum Gasteiger partial charge on any atom is -0.494 e. The van der Waals surface area contributed by atoms with Crippen molar-refractivity contribution < 1.29 is 9.30 Å². The topological polar surface area (TPSA) is 38.4 Å². The fourth-order valence-corrected chi connectivity index (χ4v) is 9.62. The largest absolute Gasteiger partial charge is 0.494 e. The highest BCUT2D eigenvalue weighted by Gasteiger charge is 2.28. The lowest BCUT2D eigenvalue weighted by molar-refractivity contribution is -0.679. The molecule has 0 bridgehead atoms. The number of fused-ring (bicyclic) bond motifs is 1. The number of likely N-dealkylation sites (N-methyl/N-ethyl adjacent to an activating group) is 1. The van der Waals surface area contributed by atoms with Crippen molar-refractivity contribution in [3.8, 4) is 21.7 Å². The van der Waals surface area contributed by atoms with Crippen LogP contribution in [0.1, 0.15) is 39.1 Å². The Morgan fingerprint density at radius 1 is 0.891 bits per heavy atom. The van der Waals surface area contributed by atoms with Crippen molar-refractivity contribution in [3.63, 3.8) is 0 Å². The summed E-state index contributed by atoms with van der Waals surface area (Å²) in [6.07, 6.45) is 7.19. The van der Waals surface area contributed by atoms with Gasteiger partial charge < -0.3 is 9.64 Å². The summed E-state index contributed by atoms with van der Waals surface area (Å²) in [5.41, 5.74) is 4.86. The molecule has 1 aliphatic heterocycles. The molecule has 8 heteroatoms. The third-order valence-corrected chi connectivity index (χ3v) is 11.4. The Morgan fingerprint density at radius 2 is 1.59 bits per heavy atom. The number of thiazole rings is 2. The van der Waals surface area contributed by atoms with Gasteiger partial charge in [-0.15, -0.1) is 11.3 Å². The predicted octanol–water partition coefficient (Wildman–Crippen LogP) is 7.51. The van der Waals surface area contributed by atoms with Crippen molar-refractivity contribution in [2.24, 2.45) is 0 Å². The zero-order valence-corrected chi connectivity index (χ0v) is 29.3.